The van der Waals surface area contributed by atoms with Crippen LogP contribution in [0.25, 0.3) is 0 Å². The third-order valence-electron chi connectivity index (χ3n) is 3.02. The second-order valence-corrected chi connectivity index (χ2v) is 5.82. The number of nitrogens with one attached hydrogen (secondary N) is 1. The lowest BCUT2D eigenvalue weighted by molar-refractivity contribution is -0.150. The van der Waals surface area contributed by atoms with Crippen molar-refractivity contribution >= 4 is 35.0 Å². The van der Waals surface area contributed by atoms with Gasteiger partial charge in [0.1, 0.15) is 12.5 Å². The van der Waals surface area contributed by atoms with E-state index in [1.54, 1.807) is 19.1 Å². The van der Waals surface area contributed by atoms with Crippen LogP contribution in [0.15, 0.2) is 30.5 Å². The monoisotopic (exact) mass is 397 g/mol. The lowest BCUT2D eigenvalue weighted by Gasteiger charge is -2.14. The van der Waals surface area contributed by atoms with Crippen molar-refractivity contribution in [3.63, 3.8) is 0 Å². The Labute approximate surface area is 152 Å². The van der Waals surface area contributed by atoms with Crippen molar-refractivity contribution in [2.45, 2.75) is 19.5 Å². The van der Waals surface area contributed by atoms with Gasteiger partial charge in [0.25, 0.3) is 0 Å². The number of allylic oxidation sites excluding steroid dienone is 1. The summed E-state index contributed by atoms with van der Waals surface area (Å²) in [6, 6.07) is 4.58. The van der Waals surface area contributed by atoms with Gasteiger partial charge in [0, 0.05) is 16.2 Å². The Bertz CT molecular complexity index is 648. The van der Waals surface area contributed by atoms with Crippen LogP contribution in [0.2, 0.25) is 10.0 Å². The van der Waals surface area contributed by atoms with E-state index in [4.69, 9.17) is 27.9 Å². The number of rotatable bonds is 8. The molecule has 1 atom stereocenters. The number of alkyl halides is 3. The summed E-state index contributed by atoms with van der Waals surface area (Å²) in [5, 5.41) is 2.61. The van der Waals surface area contributed by atoms with Crippen LogP contribution in [0.5, 0.6) is 0 Å². The molecule has 0 aliphatic carbocycles. The molecule has 0 aromatic heterocycles. The molecule has 0 heterocycles. The molecule has 138 valence electrons. The standard InChI is InChI=1S/C16H16Cl2F3NO3/c1-2-25-15(24)12(7-10-3-4-11(17)8-13(10)18)14(23)5-6-22-9-16(19,20)21/h3-6,8,12,22H,2,7,9H2,1H3. The van der Waals surface area contributed by atoms with Crippen molar-refractivity contribution in [1.82, 2.24) is 5.32 Å². The second-order valence-electron chi connectivity index (χ2n) is 4.98. The van der Waals surface area contributed by atoms with Gasteiger partial charge in [0.05, 0.1) is 6.61 Å². The summed E-state index contributed by atoms with van der Waals surface area (Å²) in [5.41, 5.74) is 0.495. The van der Waals surface area contributed by atoms with Crippen molar-refractivity contribution in [1.29, 1.82) is 0 Å². The number of carbonyl (C=O) groups is 2. The zero-order valence-corrected chi connectivity index (χ0v) is 14.7. The van der Waals surface area contributed by atoms with Crippen molar-refractivity contribution in [3.05, 3.63) is 46.1 Å². The molecule has 0 saturated heterocycles. The zero-order chi connectivity index (χ0) is 19.0. The van der Waals surface area contributed by atoms with E-state index in [0.717, 1.165) is 12.3 Å². The number of ether oxygens (including phenoxy) is 1. The van der Waals surface area contributed by atoms with Gasteiger partial charge in [0.2, 0.25) is 0 Å². The third-order valence-corrected chi connectivity index (χ3v) is 3.61. The van der Waals surface area contributed by atoms with E-state index >= 15 is 0 Å². The Morgan fingerprint density at radius 3 is 2.56 bits per heavy atom. The molecule has 0 aliphatic heterocycles. The minimum atomic E-state index is -4.41. The van der Waals surface area contributed by atoms with Crippen LogP contribution < -0.4 is 5.32 Å². The molecule has 1 unspecified atom stereocenters. The van der Waals surface area contributed by atoms with Crippen LogP contribution in [0, 0.1) is 5.92 Å². The second kappa shape index (κ2) is 9.68. The van der Waals surface area contributed by atoms with Crippen LogP contribution in [-0.2, 0) is 20.7 Å². The predicted octanol–water partition coefficient (Wildman–Crippen LogP) is 3.95. The maximum atomic E-state index is 12.2. The van der Waals surface area contributed by atoms with E-state index in [1.165, 1.54) is 6.07 Å². The fourth-order valence-corrected chi connectivity index (χ4v) is 2.37. The first-order valence-electron chi connectivity index (χ1n) is 7.25. The summed E-state index contributed by atoms with van der Waals surface area (Å²) >= 11 is 11.8. The van der Waals surface area contributed by atoms with Crippen LogP contribution >= 0.6 is 23.2 Å². The number of hydrogen-bond acceptors (Lipinski definition) is 4. The molecule has 0 amide bonds. The Morgan fingerprint density at radius 2 is 2.00 bits per heavy atom. The van der Waals surface area contributed by atoms with Gasteiger partial charge in [-0.1, -0.05) is 29.3 Å². The Kier molecular flexibility index (Phi) is 8.25. The number of hydrogen-bond donors (Lipinski definition) is 1. The molecule has 1 aromatic rings. The van der Waals surface area contributed by atoms with Crippen molar-refractivity contribution in [3.8, 4) is 0 Å². The van der Waals surface area contributed by atoms with Gasteiger partial charge in [-0.3, -0.25) is 9.59 Å². The van der Waals surface area contributed by atoms with Gasteiger partial charge < -0.3 is 10.1 Å². The van der Waals surface area contributed by atoms with Crippen LogP contribution in [0.1, 0.15) is 12.5 Å². The van der Waals surface area contributed by atoms with E-state index in [1.807, 2.05) is 5.32 Å². The van der Waals surface area contributed by atoms with Gasteiger partial charge in [-0.05, 0) is 37.1 Å². The number of ketones is 1. The maximum absolute atomic E-state index is 12.2. The molecule has 0 saturated carbocycles. The van der Waals surface area contributed by atoms with Gasteiger partial charge in [-0.2, -0.15) is 13.2 Å². The minimum absolute atomic E-state index is 0.0583. The largest absolute Gasteiger partial charge is 0.465 e. The molecular weight excluding hydrogens is 382 g/mol. The quantitative estimate of drug-likeness (QED) is 0.409. The number of benzene rings is 1. The Morgan fingerprint density at radius 1 is 1.32 bits per heavy atom. The maximum Gasteiger partial charge on any atom is 0.405 e. The smallest absolute Gasteiger partial charge is 0.405 e. The molecule has 9 heteroatoms. The molecule has 0 fully saturated rings. The molecule has 1 aromatic carbocycles. The summed E-state index contributed by atoms with van der Waals surface area (Å²) in [6.45, 7) is 0.353. The first-order chi connectivity index (χ1) is 11.6. The molecule has 4 nitrogen and oxygen atoms in total. The van der Waals surface area contributed by atoms with E-state index in [2.05, 4.69) is 0 Å². The topological polar surface area (TPSA) is 55.4 Å². The fourth-order valence-electron chi connectivity index (χ4n) is 1.88. The predicted molar refractivity (Wildman–Crippen MR) is 88.5 cm³/mol. The highest BCUT2D eigenvalue weighted by atomic mass is 35.5. The molecular formula is C16H16Cl2F3NO3. The lowest BCUT2D eigenvalue weighted by Crippen LogP contribution is -2.28. The van der Waals surface area contributed by atoms with Crippen molar-refractivity contribution in [2.24, 2.45) is 5.92 Å². The molecule has 1 N–H and O–H groups in total. The molecule has 0 radical (unpaired) electrons. The lowest BCUT2D eigenvalue weighted by atomic mass is 9.95. The number of esters is 1. The summed E-state index contributed by atoms with van der Waals surface area (Å²) in [4.78, 5) is 24.2. The van der Waals surface area contributed by atoms with Gasteiger partial charge >= 0.3 is 12.1 Å². The number of halogens is 5. The molecule has 1 rings (SSSR count). The number of carbonyl (C=O) groups excluding carboxylic acids is 2. The Balaban J connectivity index is 2.87. The molecule has 25 heavy (non-hydrogen) atoms. The van der Waals surface area contributed by atoms with E-state index in [0.29, 0.717) is 10.6 Å². The highest BCUT2D eigenvalue weighted by Crippen LogP contribution is 2.24. The van der Waals surface area contributed by atoms with Crippen molar-refractivity contribution in [2.75, 3.05) is 13.2 Å². The van der Waals surface area contributed by atoms with Gasteiger partial charge in [-0.25, -0.2) is 0 Å². The summed E-state index contributed by atoms with van der Waals surface area (Å²) in [7, 11) is 0. The van der Waals surface area contributed by atoms with Gasteiger partial charge in [-0.15, -0.1) is 0 Å². The van der Waals surface area contributed by atoms with Gasteiger partial charge in [0.15, 0.2) is 5.78 Å². The SMILES string of the molecule is CCOC(=O)C(Cc1ccc(Cl)cc1Cl)C(=O)C=CNCC(F)(F)F. The highest BCUT2D eigenvalue weighted by Gasteiger charge is 2.28. The fraction of sp³-hybridized carbons (Fsp3) is 0.375. The molecule has 0 bridgehead atoms. The van der Waals surface area contributed by atoms with Crippen LogP contribution in [0.4, 0.5) is 13.2 Å². The highest BCUT2D eigenvalue weighted by molar-refractivity contribution is 6.35. The minimum Gasteiger partial charge on any atom is -0.465 e. The summed E-state index contributed by atoms with van der Waals surface area (Å²) in [6.07, 6.45) is -2.75. The Hall–Kier alpha value is -1.73. The van der Waals surface area contributed by atoms with E-state index in [-0.39, 0.29) is 18.1 Å². The summed E-state index contributed by atoms with van der Waals surface area (Å²) < 4.78 is 41.0. The average molecular weight is 398 g/mol. The zero-order valence-electron chi connectivity index (χ0n) is 13.2. The van der Waals surface area contributed by atoms with Crippen molar-refractivity contribution < 1.29 is 27.5 Å². The molecule has 0 spiro atoms. The third kappa shape index (κ3) is 7.79. The normalized spacial score (nSPS) is 12.9. The first kappa shape index (κ1) is 21.3. The first-order valence-corrected chi connectivity index (χ1v) is 8.00. The van der Waals surface area contributed by atoms with E-state index in [9.17, 15) is 22.8 Å². The average Bonchev–Trinajstić information content (AvgIpc) is 2.50. The van der Waals surface area contributed by atoms with Crippen LogP contribution in [-0.4, -0.2) is 31.1 Å². The van der Waals surface area contributed by atoms with E-state index < -0.39 is 30.4 Å². The van der Waals surface area contributed by atoms with Crippen LogP contribution in [0.3, 0.4) is 0 Å². The summed E-state index contributed by atoms with van der Waals surface area (Å²) in [5.74, 6) is -2.69. The molecule has 0 aliphatic rings.